The normalized spacial score (nSPS) is 10.6. The van der Waals surface area contributed by atoms with Crippen molar-refractivity contribution < 1.29 is 9.18 Å². The largest absolute Gasteiger partial charge is 0.366 e. The highest BCUT2D eigenvalue weighted by Crippen LogP contribution is 2.17. The minimum atomic E-state index is -0.527. The molecule has 0 saturated heterocycles. The van der Waals surface area contributed by atoms with Crippen LogP contribution >= 0.6 is 15.9 Å². The molecule has 0 aliphatic heterocycles. The van der Waals surface area contributed by atoms with Crippen LogP contribution in [0.1, 0.15) is 5.56 Å². The van der Waals surface area contributed by atoms with E-state index in [1.54, 1.807) is 12.1 Å². The van der Waals surface area contributed by atoms with E-state index >= 15 is 0 Å². The zero-order valence-electron chi connectivity index (χ0n) is 6.63. The first-order valence-electron chi connectivity index (χ1n) is 3.52. The van der Waals surface area contributed by atoms with Crippen LogP contribution in [0.3, 0.4) is 0 Å². The monoisotopic (exact) mass is 243 g/mol. The van der Waals surface area contributed by atoms with Crippen LogP contribution in [0.4, 0.5) is 4.39 Å². The first kappa shape index (κ1) is 9.92. The Kier molecular flexibility index (Phi) is 3.19. The van der Waals surface area contributed by atoms with Crippen LogP contribution in [0.2, 0.25) is 0 Å². The summed E-state index contributed by atoms with van der Waals surface area (Å²) in [6, 6.07) is 4.43. The highest BCUT2D eigenvalue weighted by atomic mass is 79.9. The van der Waals surface area contributed by atoms with Crippen LogP contribution in [0.25, 0.3) is 6.08 Å². The molecule has 0 unspecified atom stereocenters. The summed E-state index contributed by atoms with van der Waals surface area (Å²) in [5.74, 6) is -0.864. The minimum absolute atomic E-state index is 0.337. The average Bonchev–Trinajstić information content (AvgIpc) is 2.07. The molecule has 0 aliphatic carbocycles. The second kappa shape index (κ2) is 4.18. The summed E-state index contributed by atoms with van der Waals surface area (Å²) in [6.45, 7) is 0. The number of primary amides is 1. The van der Waals surface area contributed by atoms with E-state index < -0.39 is 5.91 Å². The van der Waals surface area contributed by atoms with Crippen LogP contribution < -0.4 is 5.73 Å². The number of halogens is 2. The summed E-state index contributed by atoms with van der Waals surface area (Å²) in [5, 5.41) is 0. The number of rotatable bonds is 2. The van der Waals surface area contributed by atoms with Gasteiger partial charge in [0.2, 0.25) is 5.91 Å². The van der Waals surface area contributed by atoms with Crippen LogP contribution in [-0.2, 0) is 4.79 Å². The predicted molar refractivity (Wildman–Crippen MR) is 52.3 cm³/mol. The quantitative estimate of drug-likeness (QED) is 0.795. The first-order valence-corrected chi connectivity index (χ1v) is 4.31. The third-order valence-corrected chi connectivity index (χ3v) is 1.99. The number of carbonyl (C=O) groups is 1. The SMILES string of the molecule is NC(=O)/C=C/c1ccc(F)c(Br)c1. The molecule has 0 radical (unpaired) electrons. The summed E-state index contributed by atoms with van der Waals surface area (Å²) >= 11 is 3.03. The Balaban J connectivity index is 2.92. The second-order valence-electron chi connectivity index (χ2n) is 2.41. The predicted octanol–water partition coefficient (Wildman–Crippen LogP) is 2.09. The van der Waals surface area contributed by atoms with E-state index in [1.165, 1.54) is 18.2 Å². The van der Waals surface area contributed by atoms with Gasteiger partial charge < -0.3 is 5.73 Å². The van der Waals surface area contributed by atoms with Crippen molar-refractivity contribution in [2.24, 2.45) is 5.73 Å². The third-order valence-electron chi connectivity index (χ3n) is 1.38. The number of carbonyl (C=O) groups excluding carboxylic acids is 1. The van der Waals surface area contributed by atoms with E-state index in [9.17, 15) is 9.18 Å². The van der Waals surface area contributed by atoms with Crippen molar-refractivity contribution >= 4 is 27.9 Å². The van der Waals surface area contributed by atoms with Crippen molar-refractivity contribution in [2.45, 2.75) is 0 Å². The van der Waals surface area contributed by atoms with Crippen molar-refractivity contribution in [1.29, 1.82) is 0 Å². The number of hydrogen-bond acceptors (Lipinski definition) is 1. The smallest absolute Gasteiger partial charge is 0.241 e. The fourth-order valence-corrected chi connectivity index (χ4v) is 1.19. The van der Waals surface area contributed by atoms with Crippen LogP contribution in [0, 0.1) is 5.82 Å². The number of hydrogen-bond donors (Lipinski definition) is 1. The van der Waals surface area contributed by atoms with Gasteiger partial charge in [-0.1, -0.05) is 6.07 Å². The molecule has 0 heterocycles. The molecule has 0 aliphatic rings. The third kappa shape index (κ3) is 2.99. The summed E-state index contributed by atoms with van der Waals surface area (Å²) in [6.07, 6.45) is 2.74. The highest BCUT2D eigenvalue weighted by molar-refractivity contribution is 9.10. The van der Waals surface area contributed by atoms with Crippen molar-refractivity contribution in [1.82, 2.24) is 0 Å². The summed E-state index contributed by atoms with van der Waals surface area (Å²) in [4.78, 5) is 10.4. The Labute approximate surface area is 83.4 Å². The Morgan fingerprint density at radius 1 is 1.54 bits per heavy atom. The number of nitrogens with two attached hydrogens (primary N) is 1. The molecule has 4 heteroatoms. The Morgan fingerprint density at radius 2 is 2.23 bits per heavy atom. The molecule has 0 spiro atoms. The van der Waals surface area contributed by atoms with Gasteiger partial charge in [-0.3, -0.25) is 4.79 Å². The lowest BCUT2D eigenvalue weighted by Crippen LogP contribution is -2.05. The molecule has 0 fully saturated rings. The first-order chi connectivity index (χ1) is 6.09. The van der Waals surface area contributed by atoms with E-state index in [1.807, 2.05) is 0 Å². The Bertz CT molecular complexity index is 363. The van der Waals surface area contributed by atoms with Gasteiger partial charge >= 0.3 is 0 Å². The summed E-state index contributed by atoms with van der Waals surface area (Å²) < 4.78 is 13.1. The van der Waals surface area contributed by atoms with Gasteiger partial charge in [-0.05, 0) is 39.7 Å². The standard InChI is InChI=1S/C9H7BrFNO/c10-7-5-6(1-3-8(7)11)2-4-9(12)13/h1-5H,(H2,12,13)/b4-2+. The molecule has 13 heavy (non-hydrogen) atoms. The fraction of sp³-hybridized carbons (Fsp3) is 0. The zero-order valence-corrected chi connectivity index (χ0v) is 8.21. The van der Waals surface area contributed by atoms with Gasteiger partial charge in [-0.15, -0.1) is 0 Å². The number of amides is 1. The van der Waals surface area contributed by atoms with Crippen LogP contribution in [-0.4, -0.2) is 5.91 Å². The van der Waals surface area contributed by atoms with E-state index in [0.29, 0.717) is 10.0 Å². The van der Waals surface area contributed by atoms with Gasteiger partial charge in [0.15, 0.2) is 0 Å². The lowest BCUT2D eigenvalue weighted by Gasteiger charge is -1.95. The Hall–Kier alpha value is -1.16. The van der Waals surface area contributed by atoms with Gasteiger partial charge in [0.25, 0.3) is 0 Å². The maximum Gasteiger partial charge on any atom is 0.241 e. The molecule has 2 nitrogen and oxygen atoms in total. The molecular formula is C9H7BrFNO. The number of benzene rings is 1. The van der Waals surface area contributed by atoms with E-state index in [4.69, 9.17) is 5.73 Å². The molecule has 0 atom stereocenters. The molecular weight excluding hydrogens is 237 g/mol. The van der Waals surface area contributed by atoms with Crippen molar-refractivity contribution in [3.63, 3.8) is 0 Å². The fourth-order valence-electron chi connectivity index (χ4n) is 0.794. The van der Waals surface area contributed by atoms with Gasteiger partial charge in [0, 0.05) is 6.08 Å². The second-order valence-corrected chi connectivity index (χ2v) is 3.26. The van der Waals surface area contributed by atoms with E-state index in [2.05, 4.69) is 15.9 Å². The van der Waals surface area contributed by atoms with Gasteiger partial charge in [-0.2, -0.15) is 0 Å². The van der Waals surface area contributed by atoms with Gasteiger partial charge in [-0.25, -0.2) is 4.39 Å². The van der Waals surface area contributed by atoms with Crippen molar-refractivity contribution in [3.8, 4) is 0 Å². The average molecular weight is 244 g/mol. The molecule has 0 aromatic heterocycles. The molecule has 1 amide bonds. The highest BCUT2D eigenvalue weighted by Gasteiger charge is 1.97. The van der Waals surface area contributed by atoms with Gasteiger partial charge in [0.1, 0.15) is 5.82 Å². The van der Waals surface area contributed by atoms with E-state index in [-0.39, 0.29) is 5.82 Å². The molecule has 2 N–H and O–H groups in total. The topological polar surface area (TPSA) is 43.1 Å². The molecule has 68 valence electrons. The zero-order chi connectivity index (χ0) is 9.84. The van der Waals surface area contributed by atoms with Gasteiger partial charge in [0.05, 0.1) is 4.47 Å². The molecule has 1 aromatic carbocycles. The lowest BCUT2D eigenvalue weighted by molar-refractivity contribution is -0.113. The maximum atomic E-state index is 12.7. The van der Waals surface area contributed by atoms with Crippen LogP contribution in [0.15, 0.2) is 28.7 Å². The minimum Gasteiger partial charge on any atom is -0.366 e. The molecule has 0 saturated carbocycles. The molecule has 1 aromatic rings. The Morgan fingerprint density at radius 3 is 2.77 bits per heavy atom. The van der Waals surface area contributed by atoms with E-state index in [0.717, 1.165) is 0 Å². The maximum absolute atomic E-state index is 12.7. The van der Waals surface area contributed by atoms with Crippen LogP contribution in [0.5, 0.6) is 0 Å². The van der Waals surface area contributed by atoms with Crippen molar-refractivity contribution in [3.05, 3.63) is 40.1 Å². The molecule has 1 rings (SSSR count). The molecule has 0 bridgehead atoms. The summed E-state index contributed by atoms with van der Waals surface area (Å²) in [7, 11) is 0. The summed E-state index contributed by atoms with van der Waals surface area (Å²) in [5.41, 5.74) is 5.61. The van der Waals surface area contributed by atoms with Crippen molar-refractivity contribution in [2.75, 3.05) is 0 Å². The lowest BCUT2D eigenvalue weighted by atomic mass is 10.2.